The van der Waals surface area contributed by atoms with E-state index in [-0.39, 0.29) is 0 Å². The molecule has 0 saturated carbocycles. The van der Waals surface area contributed by atoms with Gasteiger partial charge < -0.3 is 5.32 Å². The van der Waals surface area contributed by atoms with Crippen LogP contribution in [-0.4, -0.2) is 27.7 Å². The Labute approximate surface area is 104 Å². The first-order valence-electron chi connectivity index (χ1n) is 4.87. The Hall–Kier alpha value is -1.70. The number of aromatic nitrogens is 3. The molecule has 2 rings (SSSR count). The fourth-order valence-corrected chi connectivity index (χ4v) is 1.58. The van der Waals surface area contributed by atoms with Crippen LogP contribution in [0.1, 0.15) is 6.92 Å². The zero-order valence-corrected chi connectivity index (χ0v) is 10.5. The molecule has 6 nitrogen and oxygen atoms in total. The molecule has 0 fully saturated rings. The summed E-state index contributed by atoms with van der Waals surface area (Å²) in [6.45, 7) is 2.28. The van der Waals surface area contributed by atoms with Gasteiger partial charge >= 0.3 is 6.03 Å². The summed E-state index contributed by atoms with van der Waals surface area (Å²) >= 11 is 3.05. The van der Waals surface area contributed by atoms with Gasteiger partial charge in [0.05, 0.1) is 4.47 Å². The molecule has 0 aliphatic carbocycles. The van der Waals surface area contributed by atoms with Gasteiger partial charge in [0.15, 0.2) is 0 Å². The minimum atomic E-state index is -0.428. The summed E-state index contributed by atoms with van der Waals surface area (Å²) < 4.78 is 13.5. The van der Waals surface area contributed by atoms with Crippen molar-refractivity contribution in [3.8, 4) is 0 Å². The lowest BCUT2D eigenvalue weighted by Crippen LogP contribution is -2.35. The molecule has 2 amide bonds. The molecule has 0 aliphatic heterocycles. The number of nitrogens with one attached hydrogen (secondary N) is 2. The van der Waals surface area contributed by atoms with Crippen molar-refractivity contribution in [1.82, 2.24) is 20.4 Å². The molecule has 0 radical (unpaired) electrons. The lowest BCUT2D eigenvalue weighted by Gasteiger charge is -2.02. The summed E-state index contributed by atoms with van der Waals surface area (Å²) in [6, 6.07) is 2.31. The normalized spacial score (nSPS) is 10.5. The van der Waals surface area contributed by atoms with Crippen molar-refractivity contribution in [2.75, 3.05) is 12.0 Å². The average molecular weight is 302 g/mol. The smallest absolute Gasteiger partial charge is 0.336 e. The van der Waals surface area contributed by atoms with E-state index < -0.39 is 11.8 Å². The van der Waals surface area contributed by atoms with Crippen LogP contribution in [0.5, 0.6) is 0 Å². The van der Waals surface area contributed by atoms with E-state index in [0.29, 0.717) is 22.1 Å². The van der Waals surface area contributed by atoms with Crippen LogP contribution in [0.3, 0.4) is 0 Å². The highest BCUT2D eigenvalue weighted by Gasteiger charge is 2.08. The molecular weight excluding hydrogens is 293 g/mol. The van der Waals surface area contributed by atoms with Gasteiger partial charge in [0.1, 0.15) is 16.9 Å². The number of amides is 2. The molecule has 0 unspecified atom stereocenters. The Morgan fingerprint density at radius 3 is 2.76 bits per heavy atom. The van der Waals surface area contributed by atoms with Crippen molar-refractivity contribution in [1.29, 1.82) is 0 Å². The molecule has 90 valence electrons. The first-order chi connectivity index (χ1) is 8.10. The lowest BCUT2D eigenvalue weighted by atomic mass is 10.3. The van der Waals surface area contributed by atoms with Crippen LogP contribution in [0.4, 0.5) is 9.18 Å². The Morgan fingerprint density at radius 2 is 2.12 bits per heavy atom. The maximum atomic E-state index is 13.2. The van der Waals surface area contributed by atoms with Crippen molar-refractivity contribution >= 4 is 33.0 Å². The Balaban J connectivity index is 2.29. The van der Waals surface area contributed by atoms with Gasteiger partial charge in [-0.3, -0.25) is 0 Å². The number of carbonyl (C=O) groups is 1. The number of fused-ring (bicyclic) bond motifs is 1. The minimum absolute atomic E-state index is 0.301. The van der Waals surface area contributed by atoms with E-state index >= 15 is 0 Å². The number of halogens is 2. The van der Waals surface area contributed by atoms with Crippen LogP contribution in [0.2, 0.25) is 0 Å². The predicted octanol–water partition coefficient (Wildman–Crippen LogP) is 1.61. The summed E-state index contributed by atoms with van der Waals surface area (Å²) in [4.78, 5) is 12.2. The second kappa shape index (κ2) is 4.66. The molecule has 0 spiro atoms. The number of benzene rings is 1. The van der Waals surface area contributed by atoms with E-state index in [9.17, 15) is 9.18 Å². The van der Waals surface area contributed by atoms with E-state index in [1.165, 1.54) is 12.1 Å². The largest absolute Gasteiger partial charge is 0.337 e. The number of rotatable bonds is 2. The van der Waals surface area contributed by atoms with Crippen molar-refractivity contribution in [3.63, 3.8) is 0 Å². The van der Waals surface area contributed by atoms with Gasteiger partial charge in [0, 0.05) is 12.6 Å². The fourth-order valence-electron chi connectivity index (χ4n) is 1.25. The Kier molecular flexibility index (Phi) is 3.23. The molecule has 17 heavy (non-hydrogen) atoms. The Bertz CT molecular complexity index is 531. The molecule has 2 N–H and O–H groups in total. The van der Waals surface area contributed by atoms with E-state index in [0.717, 1.165) is 4.91 Å². The number of hydrogen-bond donors (Lipinski definition) is 2. The zero-order valence-electron chi connectivity index (χ0n) is 8.87. The number of hydrogen-bond acceptors (Lipinski definition) is 3. The highest BCUT2D eigenvalue weighted by atomic mass is 79.9. The predicted molar refractivity (Wildman–Crippen MR) is 63.6 cm³/mol. The van der Waals surface area contributed by atoms with Crippen molar-refractivity contribution in [2.24, 2.45) is 0 Å². The monoisotopic (exact) mass is 301 g/mol. The van der Waals surface area contributed by atoms with Gasteiger partial charge in [-0.1, -0.05) is 4.91 Å². The third kappa shape index (κ3) is 2.52. The molecule has 0 atom stereocenters. The van der Waals surface area contributed by atoms with Crippen LogP contribution in [0.25, 0.3) is 11.0 Å². The van der Waals surface area contributed by atoms with Gasteiger partial charge in [0.2, 0.25) is 0 Å². The summed E-state index contributed by atoms with van der Waals surface area (Å²) in [6.07, 6.45) is 0. The number of nitrogens with zero attached hydrogens (tertiary/aromatic N) is 3. The molecule has 1 heterocycles. The van der Waals surface area contributed by atoms with Gasteiger partial charge in [-0.15, -0.1) is 10.2 Å². The van der Waals surface area contributed by atoms with Gasteiger partial charge in [0.25, 0.3) is 0 Å². The number of urea groups is 1. The topological polar surface area (TPSA) is 71.8 Å². The molecule has 2 aromatic rings. The molecule has 0 bridgehead atoms. The molecule has 1 aromatic carbocycles. The third-order valence-electron chi connectivity index (χ3n) is 1.96. The third-order valence-corrected chi connectivity index (χ3v) is 2.57. The summed E-state index contributed by atoms with van der Waals surface area (Å²) in [5.41, 5.74) is 3.22. The number of carbonyl (C=O) groups excluding carboxylic acids is 1. The van der Waals surface area contributed by atoms with Gasteiger partial charge in [-0.2, -0.15) is 0 Å². The van der Waals surface area contributed by atoms with Crippen LogP contribution in [0.15, 0.2) is 16.6 Å². The molecular formula is C9H9BrFN5O. The van der Waals surface area contributed by atoms with Crippen LogP contribution in [0, 0.1) is 5.82 Å². The van der Waals surface area contributed by atoms with Crippen molar-refractivity contribution in [3.05, 3.63) is 22.4 Å². The Morgan fingerprint density at radius 1 is 1.47 bits per heavy atom. The SMILES string of the molecule is CCNC(=O)Nn1nc2cc(F)c(Br)cc2n1. The van der Waals surface area contributed by atoms with Crippen LogP contribution in [-0.2, 0) is 0 Å². The van der Waals surface area contributed by atoms with E-state index in [2.05, 4.69) is 36.9 Å². The minimum Gasteiger partial charge on any atom is -0.337 e. The summed E-state index contributed by atoms with van der Waals surface area (Å²) in [7, 11) is 0. The van der Waals surface area contributed by atoms with E-state index in [4.69, 9.17) is 0 Å². The maximum Gasteiger partial charge on any atom is 0.336 e. The van der Waals surface area contributed by atoms with Gasteiger partial charge in [-0.05, 0) is 28.9 Å². The highest BCUT2D eigenvalue weighted by Crippen LogP contribution is 2.20. The fraction of sp³-hybridized carbons (Fsp3) is 0.222. The maximum absolute atomic E-state index is 13.2. The summed E-state index contributed by atoms with van der Waals surface area (Å²) in [5.74, 6) is -0.428. The first-order valence-corrected chi connectivity index (χ1v) is 5.66. The zero-order chi connectivity index (χ0) is 12.4. The van der Waals surface area contributed by atoms with Crippen molar-refractivity contribution < 1.29 is 9.18 Å². The molecule has 8 heteroatoms. The van der Waals surface area contributed by atoms with Crippen LogP contribution >= 0.6 is 15.9 Å². The van der Waals surface area contributed by atoms with Crippen LogP contribution < -0.4 is 10.7 Å². The van der Waals surface area contributed by atoms with Gasteiger partial charge in [-0.25, -0.2) is 14.6 Å². The lowest BCUT2D eigenvalue weighted by molar-refractivity contribution is 0.248. The highest BCUT2D eigenvalue weighted by molar-refractivity contribution is 9.10. The molecule has 0 aliphatic rings. The molecule has 1 aromatic heterocycles. The van der Waals surface area contributed by atoms with E-state index in [1.54, 1.807) is 6.92 Å². The van der Waals surface area contributed by atoms with Crippen molar-refractivity contribution in [2.45, 2.75) is 6.92 Å². The quantitative estimate of drug-likeness (QED) is 0.885. The average Bonchev–Trinajstić information content (AvgIpc) is 2.60. The van der Waals surface area contributed by atoms with E-state index in [1.807, 2.05) is 0 Å². The second-order valence-corrected chi connectivity index (χ2v) is 4.07. The second-order valence-electron chi connectivity index (χ2n) is 3.22. The standard InChI is InChI=1S/C9H9BrFN5O/c1-2-12-9(17)15-16-13-7-3-5(10)6(11)4-8(7)14-16/h3-4H,2H2,1H3,(H2,12,15,17). The first kappa shape index (κ1) is 11.8. The molecule has 0 saturated heterocycles. The summed E-state index contributed by atoms with van der Waals surface area (Å²) in [5, 5.41) is 10.4.